The lowest BCUT2D eigenvalue weighted by Gasteiger charge is -2.09. The van der Waals surface area contributed by atoms with Crippen LogP contribution in [0.2, 0.25) is 0 Å². The highest BCUT2D eigenvalue weighted by Gasteiger charge is 2.23. The van der Waals surface area contributed by atoms with Gasteiger partial charge in [0.2, 0.25) is 0 Å². The maximum absolute atomic E-state index is 5.21. The molecule has 36 heavy (non-hydrogen) atoms. The molecule has 4 nitrogen and oxygen atoms in total. The monoisotopic (exact) mass is 464 g/mol. The molecule has 5 heterocycles. The molecule has 2 aliphatic rings. The third-order valence-corrected chi connectivity index (χ3v) is 6.74. The molecule has 0 fully saturated rings. The average molecular weight is 465 g/mol. The van der Waals surface area contributed by atoms with Crippen LogP contribution in [0.4, 0.5) is 0 Å². The molecule has 0 radical (unpaired) electrons. The molecule has 4 heteroatoms. The van der Waals surface area contributed by atoms with Crippen molar-refractivity contribution < 1.29 is 0 Å². The van der Waals surface area contributed by atoms with Gasteiger partial charge in [-0.25, -0.2) is 4.98 Å². The summed E-state index contributed by atoms with van der Waals surface area (Å²) in [5.74, 6) is 0. The Balaban J connectivity index is 1.59. The molecule has 0 saturated carbocycles. The summed E-state index contributed by atoms with van der Waals surface area (Å²) in [7, 11) is 0. The van der Waals surface area contributed by atoms with E-state index in [-0.39, 0.29) is 0 Å². The van der Waals surface area contributed by atoms with Crippen molar-refractivity contribution in [2.24, 2.45) is 0 Å². The van der Waals surface area contributed by atoms with E-state index in [9.17, 15) is 0 Å². The summed E-state index contributed by atoms with van der Waals surface area (Å²) in [6, 6.07) is 38.1. The van der Waals surface area contributed by atoms with Crippen LogP contribution >= 0.6 is 0 Å². The summed E-state index contributed by atoms with van der Waals surface area (Å²) >= 11 is 0. The Hall–Kier alpha value is -4.70. The molecule has 0 unspecified atom stereocenters. The normalized spacial score (nSPS) is 13.2. The second kappa shape index (κ2) is 8.51. The number of hydrogen-bond donors (Lipinski definition) is 2. The van der Waals surface area contributed by atoms with Crippen molar-refractivity contribution in [2.75, 3.05) is 0 Å². The summed E-state index contributed by atoms with van der Waals surface area (Å²) in [4.78, 5) is 17.2. The molecule has 0 amide bonds. The highest BCUT2D eigenvalue weighted by molar-refractivity contribution is 6.05. The van der Waals surface area contributed by atoms with E-state index in [1.54, 1.807) is 0 Å². The van der Waals surface area contributed by atoms with Gasteiger partial charge in [0.1, 0.15) is 0 Å². The van der Waals surface area contributed by atoms with Crippen molar-refractivity contribution in [2.45, 2.75) is 12.8 Å². The number of nitrogens with zero attached hydrogens (tertiary/aromatic N) is 2. The first-order valence-electron chi connectivity index (χ1n) is 12.3. The molecule has 3 aromatic heterocycles. The highest BCUT2D eigenvalue weighted by Crippen LogP contribution is 2.39. The second-order valence-corrected chi connectivity index (χ2v) is 9.27. The van der Waals surface area contributed by atoms with Gasteiger partial charge in [0, 0.05) is 44.6 Å². The topological polar surface area (TPSA) is 57.4 Å². The molecular formula is C32H24N4. The molecule has 172 valence electrons. The third kappa shape index (κ3) is 3.83. The van der Waals surface area contributed by atoms with Crippen LogP contribution in [-0.4, -0.2) is 19.9 Å². The zero-order valence-corrected chi connectivity index (χ0v) is 19.7. The SMILES string of the molecule is c1ccc(C2=C(c3ccccc3)c3cc4ccc(cc5ccc(cc6nc(cc2n3)CC6)[nH]5)[nH]4)cc1. The van der Waals surface area contributed by atoms with Gasteiger partial charge in [-0.2, -0.15) is 0 Å². The first-order chi connectivity index (χ1) is 17.8. The Kier molecular flexibility index (Phi) is 4.88. The second-order valence-electron chi connectivity index (χ2n) is 9.27. The molecule has 7 rings (SSSR count). The number of rotatable bonds is 2. The molecule has 2 N–H and O–H groups in total. The fraction of sp³-hybridized carbons (Fsp3) is 0.0625. The predicted octanol–water partition coefficient (Wildman–Crippen LogP) is 7.11. The van der Waals surface area contributed by atoms with Crippen LogP contribution < -0.4 is 0 Å². The molecule has 8 bridgehead atoms. The van der Waals surface area contributed by atoms with Gasteiger partial charge in [-0.1, -0.05) is 60.7 Å². The van der Waals surface area contributed by atoms with E-state index in [2.05, 4.69) is 119 Å². The minimum Gasteiger partial charge on any atom is -0.355 e. The van der Waals surface area contributed by atoms with Crippen molar-refractivity contribution in [3.63, 3.8) is 0 Å². The molecule has 0 spiro atoms. The zero-order chi connectivity index (χ0) is 23.9. The number of benzene rings is 2. The third-order valence-electron chi connectivity index (χ3n) is 6.74. The lowest BCUT2D eigenvalue weighted by molar-refractivity contribution is 1.02. The molecule has 2 aliphatic heterocycles. The van der Waals surface area contributed by atoms with Crippen LogP contribution in [0.1, 0.15) is 33.9 Å². The number of aromatic amines is 2. The molecule has 5 aromatic rings. The maximum Gasteiger partial charge on any atom is 0.0743 e. The quantitative estimate of drug-likeness (QED) is 0.287. The van der Waals surface area contributed by atoms with Crippen molar-refractivity contribution in [1.29, 1.82) is 0 Å². The van der Waals surface area contributed by atoms with Crippen LogP contribution in [0.3, 0.4) is 0 Å². The van der Waals surface area contributed by atoms with Crippen LogP contribution in [0, 0.1) is 0 Å². The van der Waals surface area contributed by atoms with Crippen LogP contribution in [0.5, 0.6) is 0 Å². The van der Waals surface area contributed by atoms with Crippen LogP contribution in [-0.2, 0) is 12.8 Å². The Bertz CT molecular complexity index is 1770. The smallest absolute Gasteiger partial charge is 0.0743 e. The number of hydrogen-bond acceptors (Lipinski definition) is 2. The van der Waals surface area contributed by atoms with Crippen molar-refractivity contribution >= 4 is 33.2 Å². The fourth-order valence-electron chi connectivity index (χ4n) is 5.11. The Morgan fingerprint density at radius 2 is 0.917 bits per heavy atom. The molecular weight excluding hydrogens is 440 g/mol. The number of fused-ring (bicyclic) bond motifs is 8. The summed E-state index contributed by atoms with van der Waals surface area (Å²) in [5, 5.41) is 0. The van der Waals surface area contributed by atoms with Gasteiger partial charge in [0.05, 0.1) is 11.4 Å². The van der Waals surface area contributed by atoms with Gasteiger partial charge < -0.3 is 9.97 Å². The van der Waals surface area contributed by atoms with Crippen molar-refractivity contribution in [3.8, 4) is 0 Å². The summed E-state index contributed by atoms with van der Waals surface area (Å²) < 4.78 is 0. The Morgan fingerprint density at radius 1 is 0.444 bits per heavy atom. The average Bonchev–Trinajstić information content (AvgIpc) is 3.70. The van der Waals surface area contributed by atoms with E-state index >= 15 is 0 Å². The van der Waals surface area contributed by atoms with E-state index in [1.165, 1.54) is 0 Å². The number of aromatic nitrogens is 4. The van der Waals surface area contributed by atoms with Gasteiger partial charge >= 0.3 is 0 Å². The zero-order valence-electron chi connectivity index (χ0n) is 19.7. The minimum absolute atomic E-state index is 0.909. The van der Waals surface area contributed by atoms with E-state index in [0.717, 1.165) is 80.0 Å². The Morgan fingerprint density at radius 3 is 1.50 bits per heavy atom. The predicted molar refractivity (Wildman–Crippen MR) is 146 cm³/mol. The van der Waals surface area contributed by atoms with Gasteiger partial charge in [0.15, 0.2) is 0 Å². The molecule has 0 saturated heterocycles. The first kappa shape index (κ1) is 20.7. The van der Waals surface area contributed by atoms with Crippen molar-refractivity contribution in [1.82, 2.24) is 19.9 Å². The summed E-state index contributed by atoms with van der Waals surface area (Å²) in [6.07, 6.45) is 1.83. The maximum atomic E-state index is 5.21. The standard InChI is InChI=1S/C32H24N4/c1-3-7-21(8-4-1)31-29-19-27-15-13-25(34-27)17-23-11-12-24(33-23)18-26-14-16-28(35-26)20-30(36-29)32(31)22-9-5-2-6-10-22/h1-13,15,17-20,33-34H,14,16H2. The van der Waals surface area contributed by atoms with E-state index in [1.807, 2.05) is 0 Å². The molecule has 0 aliphatic carbocycles. The minimum atomic E-state index is 0.909. The first-order valence-corrected chi connectivity index (χ1v) is 12.3. The van der Waals surface area contributed by atoms with E-state index in [0.29, 0.717) is 0 Å². The Labute approximate surface area is 209 Å². The largest absolute Gasteiger partial charge is 0.355 e. The van der Waals surface area contributed by atoms with Gasteiger partial charge in [-0.3, -0.25) is 4.98 Å². The molecule has 2 aromatic carbocycles. The van der Waals surface area contributed by atoms with E-state index in [4.69, 9.17) is 9.97 Å². The molecule has 0 atom stereocenters. The lowest BCUT2D eigenvalue weighted by Crippen LogP contribution is -1.91. The number of aryl methyl sites for hydroxylation is 2. The summed E-state index contributed by atoms with van der Waals surface area (Å²) in [6.45, 7) is 0. The van der Waals surface area contributed by atoms with Crippen molar-refractivity contribution in [3.05, 3.63) is 143 Å². The highest BCUT2D eigenvalue weighted by atomic mass is 14.8. The van der Waals surface area contributed by atoms with Crippen LogP contribution in [0.25, 0.3) is 33.2 Å². The lowest BCUT2D eigenvalue weighted by atomic mass is 9.92. The number of nitrogens with one attached hydrogen (secondary N) is 2. The fourth-order valence-corrected chi connectivity index (χ4v) is 5.11. The van der Waals surface area contributed by atoms with Gasteiger partial charge in [0.25, 0.3) is 0 Å². The van der Waals surface area contributed by atoms with Gasteiger partial charge in [-0.15, -0.1) is 0 Å². The van der Waals surface area contributed by atoms with E-state index < -0.39 is 0 Å². The van der Waals surface area contributed by atoms with Crippen LogP contribution in [0.15, 0.2) is 109 Å². The van der Waals surface area contributed by atoms with Gasteiger partial charge in [-0.05, 0) is 72.5 Å². The summed E-state index contributed by atoms with van der Waals surface area (Å²) in [5.41, 5.74) is 12.8. The number of H-pyrrole nitrogens is 2.